The van der Waals surface area contributed by atoms with Gasteiger partial charge in [0.15, 0.2) is 5.58 Å². The summed E-state index contributed by atoms with van der Waals surface area (Å²) in [6.07, 6.45) is 6.32. The predicted molar refractivity (Wildman–Crippen MR) is 117 cm³/mol. The van der Waals surface area contributed by atoms with Gasteiger partial charge >= 0.3 is 5.76 Å². The normalized spacial score (nSPS) is 23.8. The third kappa shape index (κ3) is 4.72. The minimum absolute atomic E-state index is 0.105. The van der Waals surface area contributed by atoms with Crippen LogP contribution in [0.5, 0.6) is 0 Å². The van der Waals surface area contributed by atoms with E-state index in [4.69, 9.17) is 4.42 Å². The molecule has 0 radical (unpaired) electrons. The van der Waals surface area contributed by atoms with Crippen LogP contribution in [-0.2, 0) is 21.4 Å². The number of fused-ring (bicyclic) bond motifs is 1. The summed E-state index contributed by atoms with van der Waals surface area (Å²) >= 11 is 0. The van der Waals surface area contributed by atoms with Gasteiger partial charge in [0.05, 0.1) is 10.4 Å². The second-order valence-corrected chi connectivity index (χ2v) is 11.2. The molecule has 2 atom stereocenters. The molecule has 4 rings (SSSR count). The van der Waals surface area contributed by atoms with Crippen LogP contribution >= 0.6 is 0 Å². The van der Waals surface area contributed by atoms with Crippen molar-refractivity contribution in [1.29, 1.82) is 0 Å². The van der Waals surface area contributed by atoms with Gasteiger partial charge in [0.25, 0.3) is 0 Å². The fourth-order valence-electron chi connectivity index (χ4n) is 4.97. The van der Waals surface area contributed by atoms with E-state index in [0.29, 0.717) is 30.4 Å². The first-order valence-corrected chi connectivity index (χ1v) is 12.6. The number of oxazole rings is 1. The van der Waals surface area contributed by atoms with Gasteiger partial charge in [-0.25, -0.2) is 13.2 Å². The zero-order chi connectivity index (χ0) is 22.2. The second-order valence-electron chi connectivity index (χ2n) is 9.25. The number of nitrogens with zero attached hydrogens (tertiary/aromatic N) is 2. The van der Waals surface area contributed by atoms with E-state index in [1.807, 2.05) is 0 Å². The highest BCUT2D eigenvalue weighted by Crippen LogP contribution is 2.28. The molecule has 1 aliphatic carbocycles. The molecule has 9 heteroatoms. The third-order valence-corrected chi connectivity index (χ3v) is 8.21. The monoisotopic (exact) mass is 449 g/mol. The number of nitrogens with one attached hydrogen (secondary N) is 1. The summed E-state index contributed by atoms with van der Waals surface area (Å²) in [5.41, 5.74) is 0.595. The fourth-order valence-corrected chi connectivity index (χ4v) is 6.67. The fraction of sp³-hybridized carbons (Fsp3) is 0.636. The Labute approximate surface area is 182 Å². The van der Waals surface area contributed by atoms with E-state index in [9.17, 15) is 18.0 Å². The van der Waals surface area contributed by atoms with Gasteiger partial charge in [-0.05, 0) is 43.2 Å². The lowest BCUT2D eigenvalue weighted by atomic mass is 9.94. The smallest absolute Gasteiger partial charge is 0.408 e. The summed E-state index contributed by atoms with van der Waals surface area (Å²) in [6.45, 7) is 4.93. The van der Waals surface area contributed by atoms with Gasteiger partial charge in [0, 0.05) is 25.2 Å². The van der Waals surface area contributed by atoms with Crippen LogP contribution in [0.2, 0.25) is 0 Å². The quantitative estimate of drug-likeness (QED) is 0.756. The molecule has 1 saturated heterocycles. The summed E-state index contributed by atoms with van der Waals surface area (Å²) in [5.74, 6) is -0.304. The minimum Gasteiger partial charge on any atom is -0.408 e. The van der Waals surface area contributed by atoms with E-state index in [1.165, 1.54) is 27.4 Å². The maximum Gasteiger partial charge on any atom is 0.420 e. The van der Waals surface area contributed by atoms with Crippen LogP contribution in [0.25, 0.3) is 11.1 Å². The number of aromatic nitrogens is 1. The van der Waals surface area contributed by atoms with Crippen LogP contribution in [0.15, 0.2) is 32.3 Å². The van der Waals surface area contributed by atoms with Gasteiger partial charge in [0.2, 0.25) is 15.9 Å². The highest BCUT2D eigenvalue weighted by molar-refractivity contribution is 7.89. The van der Waals surface area contributed by atoms with Crippen molar-refractivity contribution in [2.24, 2.45) is 11.8 Å². The molecule has 1 N–H and O–H groups in total. The molecule has 0 unspecified atom stereocenters. The molecule has 2 aromatic rings. The van der Waals surface area contributed by atoms with Crippen LogP contribution in [0, 0.1) is 11.8 Å². The number of sulfonamides is 1. The van der Waals surface area contributed by atoms with Crippen LogP contribution < -0.4 is 11.1 Å². The van der Waals surface area contributed by atoms with E-state index < -0.39 is 15.8 Å². The van der Waals surface area contributed by atoms with Crippen molar-refractivity contribution < 1.29 is 17.6 Å². The van der Waals surface area contributed by atoms with E-state index in [0.717, 1.165) is 32.1 Å². The van der Waals surface area contributed by atoms with Gasteiger partial charge in [0.1, 0.15) is 6.54 Å². The van der Waals surface area contributed by atoms with Crippen molar-refractivity contribution in [3.63, 3.8) is 0 Å². The number of amides is 1. The summed E-state index contributed by atoms with van der Waals surface area (Å²) in [4.78, 5) is 24.9. The van der Waals surface area contributed by atoms with E-state index in [2.05, 4.69) is 19.2 Å². The molecule has 1 amide bonds. The Balaban J connectivity index is 1.55. The average molecular weight is 450 g/mol. The summed E-state index contributed by atoms with van der Waals surface area (Å²) in [6, 6.07) is 4.59. The number of piperidine rings is 1. The maximum atomic E-state index is 13.1. The zero-order valence-corrected chi connectivity index (χ0v) is 19.0. The Morgan fingerprint density at radius 1 is 1.13 bits per heavy atom. The van der Waals surface area contributed by atoms with E-state index in [1.54, 1.807) is 6.07 Å². The standard InChI is InChI=1S/C22H31N3O5S/c1-15-10-16(2)13-24(12-15)31(28,29)18-8-9-19-20(11-18)30-22(27)25(19)14-21(26)23-17-6-4-3-5-7-17/h8-9,11,15-17H,3-7,10,12-14H2,1-2H3,(H,23,26)/t15-,16+. The molecule has 0 spiro atoms. The molecule has 1 aromatic carbocycles. The Morgan fingerprint density at radius 2 is 1.81 bits per heavy atom. The van der Waals surface area contributed by atoms with Gasteiger partial charge in [-0.15, -0.1) is 0 Å². The minimum atomic E-state index is -3.68. The number of rotatable bonds is 5. The van der Waals surface area contributed by atoms with Crippen molar-refractivity contribution in [2.45, 2.75) is 69.9 Å². The molecule has 31 heavy (non-hydrogen) atoms. The molecule has 1 aromatic heterocycles. The third-order valence-electron chi connectivity index (χ3n) is 6.38. The lowest BCUT2D eigenvalue weighted by molar-refractivity contribution is -0.122. The first kappa shape index (κ1) is 22.1. The molecule has 2 fully saturated rings. The van der Waals surface area contributed by atoms with Crippen molar-refractivity contribution in [2.75, 3.05) is 13.1 Å². The largest absolute Gasteiger partial charge is 0.420 e. The Bertz CT molecular complexity index is 1100. The molecule has 8 nitrogen and oxygen atoms in total. The predicted octanol–water partition coefficient (Wildman–Crippen LogP) is 2.71. The summed E-state index contributed by atoms with van der Waals surface area (Å²) in [7, 11) is -3.68. The molecular formula is C22H31N3O5S. The lowest BCUT2D eigenvalue weighted by Crippen LogP contribution is -2.42. The molecular weight excluding hydrogens is 418 g/mol. The first-order valence-electron chi connectivity index (χ1n) is 11.2. The maximum absolute atomic E-state index is 13.1. The SMILES string of the molecule is C[C@@H]1C[C@H](C)CN(S(=O)(=O)c2ccc3c(c2)oc(=O)n3CC(=O)NC2CCCCC2)C1. The Hall–Kier alpha value is -2.13. The molecule has 2 heterocycles. The van der Waals surface area contributed by atoms with Crippen molar-refractivity contribution in [3.05, 3.63) is 28.7 Å². The molecule has 170 valence electrons. The highest BCUT2D eigenvalue weighted by Gasteiger charge is 2.32. The van der Waals surface area contributed by atoms with E-state index in [-0.39, 0.29) is 29.0 Å². The number of carbonyl (C=O) groups is 1. The van der Waals surface area contributed by atoms with E-state index >= 15 is 0 Å². The van der Waals surface area contributed by atoms with Crippen molar-refractivity contribution in [1.82, 2.24) is 14.2 Å². The van der Waals surface area contributed by atoms with Crippen LogP contribution in [0.1, 0.15) is 52.4 Å². The van der Waals surface area contributed by atoms with Gasteiger partial charge in [-0.3, -0.25) is 9.36 Å². The topological polar surface area (TPSA) is 102 Å². The van der Waals surface area contributed by atoms with Gasteiger partial charge in [-0.2, -0.15) is 4.31 Å². The molecule has 1 aliphatic heterocycles. The van der Waals surface area contributed by atoms with Gasteiger partial charge < -0.3 is 9.73 Å². The van der Waals surface area contributed by atoms with Crippen molar-refractivity contribution in [3.8, 4) is 0 Å². The summed E-state index contributed by atoms with van der Waals surface area (Å²) < 4.78 is 34.4. The first-order chi connectivity index (χ1) is 14.7. The van der Waals surface area contributed by atoms with Gasteiger partial charge in [-0.1, -0.05) is 33.1 Å². The highest BCUT2D eigenvalue weighted by atomic mass is 32.2. The van der Waals surface area contributed by atoms with Crippen molar-refractivity contribution >= 4 is 27.0 Å². The zero-order valence-electron chi connectivity index (χ0n) is 18.2. The Kier molecular flexibility index (Phi) is 6.25. The van der Waals surface area contributed by atoms with Crippen LogP contribution in [-0.4, -0.2) is 42.3 Å². The van der Waals surface area contributed by atoms with Crippen LogP contribution in [0.4, 0.5) is 0 Å². The number of hydrogen-bond acceptors (Lipinski definition) is 5. The van der Waals surface area contributed by atoms with Crippen LogP contribution in [0.3, 0.4) is 0 Å². The second kappa shape index (κ2) is 8.78. The Morgan fingerprint density at radius 3 is 2.48 bits per heavy atom. The number of benzene rings is 1. The summed E-state index contributed by atoms with van der Waals surface area (Å²) in [5, 5.41) is 2.99. The number of carbonyl (C=O) groups excluding carboxylic acids is 1. The number of hydrogen-bond donors (Lipinski definition) is 1. The molecule has 0 bridgehead atoms. The molecule has 2 aliphatic rings. The molecule has 1 saturated carbocycles. The average Bonchev–Trinajstić information content (AvgIpc) is 3.02. The lowest BCUT2D eigenvalue weighted by Gasteiger charge is -2.34.